The molecular weight excluding hydrogens is 382 g/mol. The molecule has 30 heavy (non-hydrogen) atoms. The number of likely N-dealkylation sites (tertiary alicyclic amines) is 1. The topological polar surface area (TPSA) is 62.3 Å². The maximum Gasteiger partial charge on any atom is 0.410 e. The molecular formula is C23H35N3O4. The highest BCUT2D eigenvalue weighted by Crippen LogP contribution is 2.29. The minimum absolute atomic E-state index is 0.00838. The average Bonchev–Trinajstić information content (AvgIpc) is 2.73. The van der Waals surface area contributed by atoms with Crippen LogP contribution in [-0.4, -0.2) is 73.3 Å². The van der Waals surface area contributed by atoms with Crippen LogP contribution in [0.25, 0.3) is 0 Å². The highest BCUT2D eigenvalue weighted by Gasteiger charge is 2.33. The first-order valence-corrected chi connectivity index (χ1v) is 11.0. The van der Waals surface area contributed by atoms with E-state index in [9.17, 15) is 9.59 Å². The Morgan fingerprint density at radius 1 is 0.967 bits per heavy atom. The van der Waals surface area contributed by atoms with Crippen LogP contribution >= 0.6 is 0 Å². The van der Waals surface area contributed by atoms with E-state index in [1.807, 2.05) is 50.8 Å². The van der Waals surface area contributed by atoms with Crippen molar-refractivity contribution in [3.63, 3.8) is 0 Å². The summed E-state index contributed by atoms with van der Waals surface area (Å²) in [6.45, 7) is 12.4. The lowest BCUT2D eigenvalue weighted by atomic mass is 9.95. The SMILES string of the molecule is CCOc1ccccc1N1CCN(C(=O)C2CCN(C(=O)OC(C)(C)C)CC2)CC1. The maximum absolute atomic E-state index is 13.0. The molecule has 2 heterocycles. The summed E-state index contributed by atoms with van der Waals surface area (Å²) in [4.78, 5) is 31.2. The van der Waals surface area contributed by atoms with Crippen LogP contribution in [0.15, 0.2) is 24.3 Å². The van der Waals surface area contributed by atoms with E-state index in [4.69, 9.17) is 9.47 Å². The summed E-state index contributed by atoms with van der Waals surface area (Å²) in [6.07, 6.45) is 1.12. The molecule has 2 fully saturated rings. The zero-order chi connectivity index (χ0) is 21.7. The fourth-order valence-electron chi connectivity index (χ4n) is 4.06. The summed E-state index contributed by atoms with van der Waals surface area (Å²) >= 11 is 0. The van der Waals surface area contributed by atoms with Gasteiger partial charge in [0.2, 0.25) is 5.91 Å². The number of piperidine rings is 1. The van der Waals surface area contributed by atoms with Crippen LogP contribution in [-0.2, 0) is 9.53 Å². The third kappa shape index (κ3) is 5.58. The van der Waals surface area contributed by atoms with E-state index in [0.29, 0.717) is 45.6 Å². The van der Waals surface area contributed by atoms with Gasteiger partial charge in [0.25, 0.3) is 0 Å². The third-order valence-corrected chi connectivity index (χ3v) is 5.59. The lowest BCUT2D eigenvalue weighted by molar-refractivity contribution is -0.137. The van der Waals surface area contributed by atoms with Crippen molar-refractivity contribution in [1.29, 1.82) is 0 Å². The second kappa shape index (κ2) is 9.58. The Bertz CT molecular complexity index is 730. The molecule has 0 unspecified atom stereocenters. The van der Waals surface area contributed by atoms with Crippen LogP contribution in [0.5, 0.6) is 5.75 Å². The Labute approximate surface area is 179 Å². The number of carbonyl (C=O) groups excluding carboxylic acids is 2. The number of ether oxygens (including phenoxy) is 2. The molecule has 3 rings (SSSR count). The van der Waals surface area contributed by atoms with Crippen molar-refractivity contribution >= 4 is 17.7 Å². The summed E-state index contributed by atoms with van der Waals surface area (Å²) in [5, 5.41) is 0. The van der Waals surface area contributed by atoms with E-state index in [1.165, 1.54) is 0 Å². The van der Waals surface area contributed by atoms with E-state index >= 15 is 0 Å². The number of nitrogens with zero attached hydrogens (tertiary/aromatic N) is 3. The summed E-state index contributed by atoms with van der Waals surface area (Å²) in [6, 6.07) is 8.08. The molecule has 1 aromatic rings. The lowest BCUT2D eigenvalue weighted by Gasteiger charge is -2.39. The number of hydrogen-bond acceptors (Lipinski definition) is 5. The molecule has 0 N–H and O–H groups in total. The van der Waals surface area contributed by atoms with E-state index in [-0.39, 0.29) is 17.9 Å². The van der Waals surface area contributed by atoms with E-state index < -0.39 is 5.60 Å². The van der Waals surface area contributed by atoms with Crippen molar-refractivity contribution in [2.24, 2.45) is 5.92 Å². The number of amides is 2. The van der Waals surface area contributed by atoms with Gasteiger partial charge in [0, 0.05) is 45.2 Å². The average molecular weight is 418 g/mol. The molecule has 7 heteroatoms. The molecule has 2 aliphatic rings. The number of carbonyl (C=O) groups is 2. The van der Waals surface area contributed by atoms with Gasteiger partial charge in [-0.15, -0.1) is 0 Å². The van der Waals surface area contributed by atoms with E-state index in [1.54, 1.807) is 4.90 Å². The van der Waals surface area contributed by atoms with Crippen molar-refractivity contribution in [3.05, 3.63) is 24.3 Å². The first-order chi connectivity index (χ1) is 14.3. The molecule has 166 valence electrons. The predicted octanol–water partition coefficient (Wildman–Crippen LogP) is 3.38. The number of para-hydroxylation sites is 2. The predicted molar refractivity (Wildman–Crippen MR) is 117 cm³/mol. The van der Waals surface area contributed by atoms with Crippen LogP contribution in [0.3, 0.4) is 0 Å². The first-order valence-electron chi connectivity index (χ1n) is 11.0. The van der Waals surface area contributed by atoms with Gasteiger partial charge in [-0.25, -0.2) is 4.79 Å². The van der Waals surface area contributed by atoms with Gasteiger partial charge in [-0.05, 0) is 52.7 Å². The van der Waals surface area contributed by atoms with Crippen LogP contribution in [0.2, 0.25) is 0 Å². The van der Waals surface area contributed by atoms with Gasteiger partial charge < -0.3 is 24.2 Å². The highest BCUT2D eigenvalue weighted by molar-refractivity contribution is 5.80. The first kappa shape index (κ1) is 22.2. The van der Waals surface area contributed by atoms with Crippen LogP contribution in [0.4, 0.5) is 10.5 Å². The molecule has 2 aliphatic heterocycles. The van der Waals surface area contributed by atoms with Crippen molar-refractivity contribution in [3.8, 4) is 5.75 Å². The molecule has 1 aromatic carbocycles. The monoisotopic (exact) mass is 417 g/mol. The highest BCUT2D eigenvalue weighted by atomic mass is 16.6. The van der Waals surface area contributed by atoms with Gasteiger partial charge in [-0.2, -0.15) is 0 Å². The maximum atomic E-state index is 13.0. The zero-order valence-corrected chi connectivity index (χ0v) is 18.7. The van der Waals surface area contributed by atoms with Crippen LogP contribution < -0.4 is 9.64 Å². The van der Waals surface area contributed by atoms with Gasteiger partial charge >= 0.3 is 6.09 Å². The van der Waals surface area contributed by atoms with Crippen LogP contribution in [0, 0.1) is 5.92 Å². The number of piperazine rings is 1. The summed E-state index contributed by atoms with van der Waals surface area (Å²) < 4.78 is 11.2. The van der Waals surface area contributed by atoms with Crippen molar-refractivity contribution < 1.29 is 19.1 Å². The Balaban J connectivity index is 1.49. The summed E-state index contributed by atoms with van der Waals surface area (Å²) in [5.41, 5.74) is 0.599. The van der Waals surface area contributed by atoms with Crippen molar-refractivity contribution in [1.82, 2.24) is 9.80 Å². The van der Waals surface area contributed by atoms with Gasteiger partial charge in [0.15, 0.2) is 0 Å². The Morgan fingerprint density at radius 2 is 1.60 bits per heavy atom. The Morgan fingerprint density at radius 3 is 2.20 bits per heavy atom. The summed E-state index contributed by atoms with van der Waals surface area (Å²) in [5.74, 6) is 1.11. The fraction of sp³-hybridized carbons (Fsp3) is 0.652. The third-order valence-electron chi connectivity index (χ3n) is 5.59. The molecule has 0 radical (unpaired) electrons. The van der Waals surface area contributed by atoms with Crippen molar-refractivity contribution in [2.45, 2.75) is 46.1 Å². The van der Waals surface area contributed by atoms with Crippen molar-refractivity contribution in [2.75, 3.05) is 50.8 Å². The Hall–Kier alpha value is -2.44. The molecule has 2 amide bonds. The molecule has 0 spiro atoms. The minimum Gasteiger partial charge on any atom is -0.492 e. The molecule has 0 saturated carbocycles. The quantitative estimate of drug-likeness (QED) is 0.752. The molecule has 7 nitrogen and oxygen atoms in total. The fourth-order valence-corrected chi connectivity index (χ4v) is 4.06. The van der Waals surface area contributed by atoms with E-state index in [2.05, 4.69) is 11.0 Å². The summed E-state index contributed by atoms with van der Waals surface area (Å²) in [7, 11) is 0. The number of anilines is 1. The van der Waals surface area contributed by atoms with Gasteiger partial charge in [0.1, 0.15) is 11.4 Å². The molecule has 0 aliphatic carbocycles. The number of hydrogen-bond donors (Lipinski definition) is 0. The largest absolute Gasteiger partial charge is 0.492 e. The van der Waals surface area contributed by atoms with E-state index in [0.717, 1.165) is 24.5 Å². The number of benzene rings is 1. The molecule has 0 aromatic heterocycles. The second-order valence-corrected chi connectivity index (χ2v) is 8.95. The molecule has 0 bridgehead atoms. The van der Waals surface area contributed by atoms with Gasteiger partial charge in [-0.3, -0.25) is 4.79 Å². The lowest BCUT2D eigenvalue weighted by Crippen LogP contribution is -2.52. The van der Waals surface area contributed by atoms with Gasteiger partial charge in [0.05, 0.1) is 12.3 Å². The standard InChI is InChI=1S/C23H35N3O4/c1-5-29-20-9-7-6-8-19(20)24-14-16-25(17-15-24)21(27)18-10-12-26(13-11-18)22(28)30-23(2,3)4/h6-9,18H,5,10-17H2,1-4H3. The van der Waals surface area contributed by atoms with Crippen LogP contribution in [0.1, 0.15) is 40.5 Å². The number of rotatable bonds is 4. The van der Waals surface area contributed by atoms with Gasteiger partial charge in [-0.1, -0.05) is 12.1 Å². The smallest absolute Gasteiger partial charge is 0.410 e. The Kier molecular flexibility index (Phi) is 7.10. The normalized spacial score (nSPS) is 18.3. The second-order valence-electron chi connectivity index (χ2n) is 8.95. The molecule has 2 saturated heterocycles. The zero-order valence-electron chi connectivity index (χ0n) is 18.7. The minimum atomic E-state index is -0.496. The molecule has 0 atom stereocenters.